The third kappa shape index (κ3) is 6.62. The molecule has 0 fully saturated rings. The van der Waals surface area contributed by atoms with E-state index in [9.17, 15) is 4.79 Å². The monoisotopic (exact) mass is 226 g/mol. The van der Waals surface area contributed by atoms with Crippen molar-refractivity contribution in [2.24, 2.45) is 0 Å². The maximum Gasteiger partial charge on any atom is 0.246 e. The molecule has 0 aromatic rings. The number of hydrogen-bond donors (Lipinski definition) is 1. The van der Waals surface area contributed by atoms with Crippen LogP contribution >= 0.6 is 0 Å². The average Bonchev–Trinajstić information content (AvgIpc) is 2.24. The van der Waals surface area contributed by atoms with Crippen LogP contribution in [0.3, 0.4) is 0 Å². The summed E-state index contributed by atoms with van der Waals surface area (Å²) in [6.45, 7) is 15.1. The van der Waals surface area contributed by atoms with E-state index in [2.05, 4.69) is 30.6 Å². The zero-order valence-corrected chi connectivity index (χ0v) is 11.2. The van der Waals surface area contributed by atoms with Gasteiger partial charge in [-0.05, 0) is 46.3 Å². The second-order valence-corrected chi connectivity index (χ2v) is 4.32. The topological polar surface area (TPSA) is 32.3 Å². The number of carbonyl (C=O) groups is 1. The Labute approximate surface area is 99.9 Å². The minimum Gasteiger partial charge on any atom is -0.350 e. The summed E-state index contributed by atoms with van der Waals surface area (Å²) in [6, 6.07) is 0.236. The summed E-state index contributed by atoms with van der Waals surface area (Å²) in [4.78, 5) is 13.7. The largest absolute Gasteiger partial charge is 0.350 e. The molecule has 0 spiro atoms. The zero-order valence-electron chi connectivity index (χ0n) is 11.2. The normalized spacial score (nSPS) is 12.6. The third-order valence-electron chi connectivity index (χ3n) is 2.77. The van der Waals surface area contributed by atoms with Gasteiger partial charge in [-0.25, -0.2) is 0 Å². The van der Waals surface area contributed by atoms with E-state index in [1.807, 2.05) is 6.92 Å². The molecule has 0 bridgehead atoms. The average molecular weight is 226 g/mol. The van der Waals surface area contributed by atoms with Gasteiger partial charge >= 0.3 is 0 Å². The van der Waals surface area contributed by atoms with Gasteiger partial charge in [0.15, 0.2) is 0 Å². The van der Waals surface area contributed by atoms with Crippen LogP contribution in [-0.4, -0.2) is 36.5 Å². The molecule has 0 radical (unpaired) electrons. The first-order valence-electron chi connectivity index (χ1n) is 6.19. The first-order valence-corrected chi connectivity index (χ1v) is 6.19. The van der Waals surface area contributed by atoms with Gasteiger partial charge in [-0.1, -0.05) is 20.4 Å². The van der Waals surface area contributed by atoms with Crippen LogP contribution < -0.4 is 5.32 Å². The number of nitrogens with zero attached hydrogens (tertiary/aromatic N) is 1. The van der Waals surface area contributed by atoms with Crippen LogP contribution in [0.1, 0.15) is 40.5 Å². The predicted molar refractivity (Wildman–Crippen MR) is 69.4 cm³/mol. The maximum absolute atomic E-state index is 11.3. The van der Waals surface area contributed by atoms with Gasteiger partial charge in [-0.3, -0.25) is 4.79 Å². The molecule has 0 saturated heterocycles. The summed E-state index contributed by atoms with van der Waals surface area (Å²) in [6.07, 6.45) is 2.15. The molecule has 1 unspecified atom stereocenters. The van der Waals surface area contributed by atoms with E-state index in [0.29, 0.717) is 5.57 Å². The summed E-state index contributed by atoms with van der Waals surface area (Å²) in [7, 11) is 0. The van der Waals surface area contributed by atoms with Crippen molar-refractivity contribution in [3.63, 3.8) is 0 Å². The number of nitrogens with one attached hydrogen (secondary N) is 1. The molecule has 0 rings (SSSR count). The van der Waals surface area contributed by atoms with Crippen molar-refractivity contribution in [1.29, 1.82) is 0 Å². The highest BCUT2D eigenvalue weighted by molar-refractivity contribution is 5.92. The van der Waals surface area contributed by atoms with Gasteiger partial charge in [-0.15, -0.1) is 0 Å². The Morgan fingerprint density at radius 1 is 1.38 bits per heavy atom. The van der Waals surface area contributed by atoms with E-state index in [0.717, 1.165) is 32.5 Å². The molecule has 1 atom stereocenters. The molecule has 0 saturated carbocycles. The summed E-state index contributed by atoms with van der Waals surface area (Å²) in [5.41, 5.74) is 0.579. The van der Waals surface area contributed by atoms with Crippen molar-refractivity contribution < 1.29 is 4.79 Å². The zero-order chi connectivity index (χ0) is 12.6. The van der Waals surface area contributed by atoms with Gasteiger partial charge < -0.3 is 10.2 Å². The molecule has 0 aliphatic rings. The molecular formula is C13H26N2O. The minimum absolute atomic E-state index is 0.0321. The molecule has 1 amide bonds. The second-order valence-electron chi connectivity index (χ2n) is 4.32. The van der Waals surface area contributed by atoms with Crippen LogP contribution in [0.4, 0.5) is 0 Å². The first-order chi connectivity index (χ1) is 7.51. The molecule has 94 valence electrons. The highest BCUT2D eigenvalue weighted by atomic mass is 16.1. The fraction of sp³-hybridized carbons (Fsp3) is 0.769. The number of rotatable bonds is 8. The smallest absolute Gasteiger partial charge is 0.246 e. The molecule has 16 heavy (non-hydrogen) atoms. The summed E-state index contributed by atoms with van der Waals surface area (Å²) >= 11 is 0. The Kier molecular flexibility index (Phi) is 7.90. The number of carbonyl (C=O) groups excluding carboxylic acids is 1. The Hall–Kier alpha value is -0.830. The van der Waals surface area contributed by atoms with Crippen LogP contribution in [0.5, 0.6) is 0 Å². The Morgan fingerprint density at radius 3 is 2.38 bits per heavy atom. The molecular weight excluding hydrogens is 200 g/mol. The lowest BCUT2D eigenvalue weighted by atomic mass is 10.1. The number of amides is 1. The van der Waals surface area contributed by atoms with Crippen LogP contribution in [0.15, 0.2) is 12.2 Å². The first kappa shape index (κ1) is 15.2. The molecule has 0 aromatic carbocycles. The molecule has 0 heterocycles. The van der Waals surface area contributed by atoms with Crippen LogP contribution in [-0.2, 0) is 4.79 Å². The standard InChI is InChI=1S/C13H26N2O/c1-6-15(7-2)10-8-9-12(5)14-13(16)11(3)4/h12H,3,6-10H2,1-2,4-5H3,(H,14,16). The van der Waals surface area contributed by atoms with E-state index < -0.39 is 0 Å². The highest BCUT2D eigenvalue weighted by Crippen LogP contribution is 2.00. The van der Waals surface area contributed by atoms with Crippen molar-refractivity contribution in [3.05, 3.63) is 12.2 Å². The van der Waals surface area contributed by atoms with Crippen molar-refractivity contribution >= 4 is 5.91 Å². The van der Waals surface area contributed by atoms with Gasteiger partial charge in [0.05, 0.1) is 0 Å². The van der Waals surface area contributed by atoms with E-state index in [1.165, 1.54) is 0 Å². The molecule has 0 aromatic heterocycles. The van der Waals surface area contributed by atoms with E-state index in [1.54, 1.807) is 6.92 Å². The quantitative estimate of drug-likeness (QED) is 0.643. The lowest BCUT2D eigenvalue weighted by Crippen LogP contribution is -2.33. The van der Waals surface area contributed by atoms with Crippen LogP contribution in [0.2, 0.25) is 0 Å². The molecule has 3 heteroatoms. The molecule has 0 aliphatic heterocycles. The molecule has 0 aliphatic carbocycles. The lowest BCUT2D eigenvalue weighted by molar-refractivity contribution is -0.118. The van der Waals surface area contributed by atoms with E-state index in [4.69, 9.17) is 0 Å². The lowest BCUT2D eigenvalue weighted by Gasteiger charge is -2.19. The Bertz CT molecular complexity index is 222. The fourth-order valence-electron chi connectivity index (χ4n) is 1.58. The summed E-state index contributed by atoms with van der Waals surface area (Å²) < 4.78 is 0. The molecule has 3 nitrogen and oxygen atoms in total. The second kappa shape index (κ2) is 8.34. The van der Waals surface area contributed by atoms with Gasteiger partial charge in [0.2, 0.25) is 5.91 Å². The van der Waals surface area contributed by atoms with Crippen LogP contribution in [0.25, 0.3) is 0 Å². The third-order valence-corrected chi connectivity index (χ3v) is 2.77. The number of hydrogen-bond acceptors (Lipinski definition) is 2. The van der Waals surface area contributed by atoms with Crippen molar-refractivity contribution in [2.75, 3.05) is 19.6 Å². The minimum atomic E-state index is -0.0321. The maximum atomic E-state index is 11.3. The van der Waals surface area contributed by atoms with Gasteiger partial charge in [0.1, 0.15) is 0 Å². The van der Waals surface area contributed by atoms with Gasteiger partial charge in [-0.2, -0.15) is 0 Å². The van der Waals surface area contributed by atoms with E-state index in [-0.39, 0.29) is 11.9 Å². The van der Waals surface area contributed by atoms with Gasteiger partial charge in [0, 0.05) is 11.6 Å². The predicted octanol–water partition coefficient (Wildman–Crippen LogP) is 2.19. The fourth-order valence-corrected chi connectivity index (χ4v) is 1.58. The van der Waals surface area contributed by atoms with Gasteiger partial charge in [0.25, 0.3) is 0 Å². The summed E-state index contributed by atoms with van der Waals surface area (Å²) in [5.74, 6) is -0.0321. The highest BCUT2D eigenvalue weighted by Gasteiger charge is 2.07. The van der Waals surface area contributed by atoms with Crippen molar-refractivity contribution in [3.8, 4) is 0 Å². The SMILES string of the molecule is C=C(C)C(=O)NC(C)CCCN(CC)CC. The molecule has 1 N–H and O–H groups in total. The van der Waals surface area contributed by atoms with E-state index >= 15 is 0 Å². The summed E-state index contributed by atoms with van der Waals surface area (Å²) in [5, 5.41) is 2.93. The Balaban J connectivity index is 3.69. The van der Waals surface area contributed by atoms with Crippen molar-refractivity contribution in [2.45, 2.75) is 46.6 Å². The Morgan fingerprint density at radius 2 is 1.94 bits per heavy atom. The van der Waals surface area contributed by atoms with Crippen molar-refractivity contribution in [1.82, 2.24) is 10.2 Å². The van der Waals surface area contributed by atoms with Crippen LogP contribution in [0, 0.1) is 0 Å².